The Labute approximate surface area is 160 Å². The lowest BCUT2D eigenvalue weighted by Gasteiger charge is -2.09. The van der Waals surface area contributed by atoms with E-state index in [0.29, 0.717) is 22.3 Å². The third-order valence-electron chi connectivity index (χ3n) is 4.65. The fourth-order valence-corrected chi connectivity index (χ4v) is 3.41. The van der Waals surface area contributed by atoms with Crippen LogP contribution in [0.3, 0.4) is 0 Å². The van der Waals surface area contributed by atoms with Crippen LogP contribution in [0.1, 0.15) is 29.4 Å². The molecule has 8 heteroatoms. The minimum atomic E-state index is -0.242. The first-order valence-corrected chi connectivity index (χ1v) is 8.72. The second-order valence-corrected chi connectivity index (χ2v) is 6.61. The molecule has 2 heterocycles. The van der Waals surface area contributed by atoms with Crippen molar-refractivity contribution < 1.29 is 13.9 Å². The Morgan fingerprint density at radius 3 is 2.56 bits per heavy atom. The van der Waals surface area contributed by atoms with Gasteiger partial charge in [0.15, 0.2) is 5.15 Å². The predicted molar refractivity (Wildman–Crippen MR) is 97.7 cm³/mol. The van der Waals surface area contributed by atoms with Crippen molar-refractivity contribution in [2.75, 3.05) is 14.2 Å². The number of methoxy groups -OCH3 is 2. The Morgan fingerprint density at radius 1 is 1.07 bits per heavy atom. The Hall–Kier alpha value is -2.80. The van der Waals surface area contributed by atoms with Crippen LogP contribution < -0.4 is 9.47 Å². The molecular formula is C19H16ClFN4O2. The van der Waals surface area contributed by atoms with Crippen molar-refractivity contribution in [1.82, 2.24) is 20.2 Å². The zero-order valence-electron chi connectivity index (χ0n) is 14.7. The Kier molecular flexibility index (Phi) is 4.61. The number of ether oxygens (including phenoxy) is 2. The molecular weight excluding hydrogens is 371 g/mol. The van der Waals surface area contributed by atoms with Crippen molar-refractivity contribution in [1.29, 1.82) is 0 Å². The second kappa shape index (κ2) is 7.08. The standard InChI is InChI=1S/C19H16ClFN4O2/c1-26-18-15(9-22-19(23-18)27-2)16-8-14(17(20)25-24-16)13-7-12(13)10-3-5-11(21)6-4-10/h3-6,8-9,12-13H,7H2,1-2H3. The van der Waals surface area contributed by atoms with E-state index < -0.39 is 0 Å². The van der Waals surface area contributed by atoms with Gasteiger partial charge < -0.3 is 9.47 Å². The van der Waals surface area contributed by atoms with Gasteiger partial charge >= 0.3 is 6.01 Å². The van der Waals surface area contributed by atoms with E-state index >= 15 is 0 Å². The molecule has 1 fully saturated rings. The van der Waals surface area contributed by atoms with Crippen molar-refractivity contribution in [2.24, 2.45) is 0 Å². The van der Waals surface area contributed by atoms with Crippen LogP contribution in [0.2, 0.25) is 5.15 Å². The van der Waals surface area contributed by atoms with Crippen LogP contribution in [0, 0.1) is 5.82 Å². The maximum atomic E-state index is 13.1. The summed E-state index contributed by atoms with van der Waals surface area (Å²) < 4.78 is 23.5. The predicted octanol–water partition coefficient (Wildman–Crippen LogP) is 4.01. The molecule has 3 aromatic rings. The van der Waals surface area contributed by atoms with Gasteiger partial charge in [0.25, 0.3) is 0 Å². The number of rotatable bonds is 5. The van der Waals surface area contributed by atoms with Crippen LogP contribution in [0.25, 0.3) is 11.3 Å². The molecule has 2 atom stereocenters. The molecule has 6 nitrogen and oxygen atoms in total. The lowest BCUT2D eigenvalue weighted by Crippen LogP contribution is -2.00. The summed E-state index contributed by atoms with van der Waals surface area (Å²) in [5.41, 5.74) is 3.15. The van der Waals surface area contributed by atoms with E-state index in [9.17, 15) is 4.39 Å². The molecule has 0 radical (unpaired) electrons. The number of aromatic nitrogens is 4. The van der Waals surface area contributed by atoms with E-state index in [4.69, 9.17) is 21.1 Å². The van der Waals surface area contributed by atoms with Gasteiger partial charge in [0.05, 0.1) is 19.8 Å². The monoisotopic (exact) mass is 386 g/mol. The summed E-state index contributed by atoms with van der Waals surface area (Å²) in [4.78, 5) is 8.29. The molecule has 1 aliphatic rings. The number of nitrogens with zero attached hydrogens (tertiary/aromatic N) is 4. The van der Waals surface area contributed by atoms with Gasteiger partial charge in [-0.25, -0.2) is 9.37 Å². The third-order valence-corrected chi connectivity index (χ3v) is 4.94. The van der Waals surface area contributed by atoms with E-state index in [1.165, 1.54) is 26.4 Å². The molecule has 2 aromatic heterocycles. The summed E-state index contributed by atoms with van der Waals surface area (Å²) >= 11 is 6.30. The molecule has 1 aliphatic carbocycles. The number of hydrogen-bond donors (Lipinski definition) is 0. The SMILES string of the molecule is COc1ncc(-c2cc(C3CC3c3ccc(F)cc3)c(Cl)nn2)c(OC)n1. The lowest BCUT2D eigenvalue weighted by molar-refractivity contribution is 0.353. The van der Waals surface area contributed by atoms with Gasteiger partial charge in [-0.15, -0.1) is 10.2 Å². The highest BCUT2D eigenvalue weighted by molar-refractivity contribution is 6.30. The molecule has 138 valence electrons. The molecule has 27 heavy (non-hydrogen) atoms. The number of halogens is 2. The number of hydrogen-bond acceptors (Lipinski definition) is 6. The van der Waals surface area contributed by atoms with E-state index in [1.807, 2.05) is 18.2 Å². The molecule has 0 saturated heterocycles. The average molecular weight is 387 g/mol. The molecule has 0 N–H and O–H groups in total. The Bertz CT molecular complexity index is 984. The molecule has 0 amide bonds. The molecule has 0 bridgehead atoms. The first-order chi connectivity index (χ1) is 13.1. The van der Waals surface area contributed by atoms with E-state index in [-0.39, 0.29) is 23.7 Å². The maximum Gasteiger partial charge on any atom is 0.319 e. The summed E-state index contributed by atoms with van der Waals surface area (Å²) in [7, 11) is 3.00. The van der Waals surface area contributed by atoms with Crippen molar-refractivity contribution >= 4 is 11.6 Å². The molecule has 0 aliphatic heterocycles. The van der Waals surface area contributed by atoms with Gasteiger partial charge in [0, 0.05) is 6.20 Å². The van der Waals surface area contributed by atoms with Crippen LogP contribution in [0.4, 0.5) is 4.39 Å². The average Bonchev–Trinajstić information content (AvgIpc) is 3.49. The quantitative estimate of drug-likeness (QED) is 0.659. The largest absolute Gasteiger partial charge is 0.480 e. The first-order valence-electron chi connectivity index (χ1n) is 8.34. The van der Waals surface area contributed by atoms with Crippen molar-refractivity contribution in [2.45, 2.75) is 18.3 Å². The summed E-state index contributed by atoms with van der Waals surface area (Å²) in [5.74, 6) is 0.597. The summed E-state index contributed by atoms with van der Waals surface area (Å²) in [6.45, 7) is 0. The highest BCUT2D eigenvalue weighted by Crippen LogP contribution is 2.56. The third kappa shape index (κ3) is 3.42. The highest BCUT2D eigenvalue weighted by Gasteiger charge is 2.41. The van der Waals surface area contributed by atoms with Crippen LogP contribution in [0.5, 0.6) is 11.9 Å². The van der Waals surface area contributed by atoms with Crippen LogP contribution in [-0.2, 0) is 0 Å². The minimum absolute atomic E-state index is 0.205. The molecule has 2 unspecified atom stereocenters. The van der Waals surface area contributed by atoms with Crippen molar-refractivity contribution in [3.8, 4) is 23.1 Å². The zero-order valence-corrected chi connectivity index (χ0v) is 15.4. The number of benzene rings is 1. The summed E-state index contributed by atoms with van der Waals surface area (Å²) in [5, 5.41) is 8.61. The fraction of sp³-hybridized carbons (Fsp3) is 0.263. The van der Waals surface area contributed by atoms with Gasteiger partial charge in [0.2, 0.25) is 5.88 Å². The van der Waals surface area contributed by atoms with Crippen LogP contribution >= 0.6 is 11.6 Å². The summed E-state index contributed by atoms with van der Waals surface area (Å²) in [6.07, 6.45) is 2.50. The van der Waals surface area contributed by atoms with Gasteiger partial charge in [-0.2, -0.15) is 4.98 Å². The topological polar surface area (TPSA) is 70.0 Å². The Morgan fingerprint density at radius 2 is 1.85 bits per heavy atom. The van der Waals surface area contributed by atoms with Crippen LogP contribution in [-0.4, -0.2) is 34.4 Å². The van der Waals surface area contributed by atoms with Gasteiger partial charge in [-0.3, -0.25) is 0 Å². The molecule has 1 aromatic carbocycles. The smallest absolute Gasteiger partial charge is 0.319 e. The molecule has 1 saturated carbocycles. The van der Waals surface area contributed by atoms with Crippen molar-refractivity contribution in [3.63, 3.8) is 0 Å². The first kappa shape index (κ1) is 17.6. The maximum absolute atomic E-state index is 13.1. The fourth-order valence-electron chi connectivity index (χ4n) is 3.18. The highest BCUT2D eigenvalue weighted by atomic mass is 35.5. The van der Waals surface area contributed by atoms with Crippen LogP contribution in [0.15, 0.2) is 36.5 Å². The van der Waals surface area contributed by atoms with Gasteiger partial charge in [-0.1, -0.05) is 23.7 Å². The zero-order chi connectivity index (χ0) is 19.0. The van der Waals surface area contributed by atoms with E-state index in [1.54, 1.807) is 6.20 Å². The summed E-state index contributed by atoms with van der Waals surface area (Å²) in [6, 6.07) is 8.66. The molecule has 0 spiro atoms. The van der Waals surface area contributed by atoms with Gasteiger partial charge in [-0.05, 0) is 47.6 Å². The van der Waals surface area contributed by atoms with Gasteiger partial charge in [0.1, 0.15) is 11.5 Å². The van der Waals surface area contributed by atoms with E-state index in [2.05, 4.69) is 20.2 Å². The normalized spacial score (nSPS) is 18.2. The second-order valence-electron chi connectivity index (χ2n) is 6.26. The van der Waals surface area contributed by atoms with E-state index in [0.717, 1.165) is 17.5 Å². The minimum Gasteiger partial charge on any atom is -0.480 e. The van der Waals surface area contributed by atoms with Crippen molar-refractivity contribution in [3.05, 3.63) is 58.6 Å². The Balaban J connectivity index is 1.66. The lowest BCUT2D eigenvalue weighted by atomic mass is 10.0. The molecule has 4 rings (SSSR count).